The van der Waals surface area contributed by atoms with Gasteiger partial charge in [-0.3, -0.25) is 40.4 Å². The van der Waals surface area contributed by atoms with Crippen LogP contribution in [0.5, 0.6) is 0 Å². The van der Waals surface area contributed by atoms with Gasteiger partial charge >= 0.3 is 101 Å². The standard InChI is InChI=1S/2C14H27N3O10.3Hf/c2*18-3-5(6(20)4-19)17-11-13(26)9(15-1-7(21)22)12(25)10(14(11)27)16-2-8(23)24;;;/h2*5-6,9-20,25-27H,1-4H2,(H,21,22)(H,23,24);;;/q;;3*+4/t2*5?,6?,9-,10+,11?,12?,13-,14+;;;. The van der Waals surface area contributed by atoms with Crippen LogP contribution in [-0.4, -0.2) is 255 Å². The van der Waals surface area contributed by atoms with E-state index >= 15 is 0 Å². The summed E-state index contributed by atoms with van der Waals surface area (Å²) in [5.41, 5.74) is 0. The van der Waals surface area contributed by atoms with Crippen LogP contribution in [0.4, 0.5) is 0 Å². The minimum absolute atomic E-state index is 0. The number of aliphatic hydroxyl groups is 12. The molecular formula is C28H54Hf3N6O20+12. The van der Waals surface area contributed by atoms with Crippen molar-refractivity contribution in [2.45, 2.75) is 97.2 Å². The van der Waals surface area contributed by atoms with E-state index in [4.69, 9.17) is 30.6 Å². The number of nitrogens with one attached hydrogen (secondary N) is 6. The van der Waals surface area contributed by atoms with E-state index in [0.717, 1.165) is 0 Å². The van der Waals surface area contributed by atoms with Crippen molar-refractivity contribution in [3.63, 3.8) is 0 Å². The molecule has 2 aliphatic rings. The number of carboxylic acid groups (broad SMARTS) is 4. The van der Waals surface area contributed by atoms with Crippen LogP contribution in [0.25, 0.3) is 0 Å². The summed E-state index contributed by atoms with van der Waals surface area (Å²) in [5.74, 6) is -5.10. The summed E-state index contributed by atoms with van der Waals surface area (Å²) >= 11 is 0. The van der Waals surface area contributed by atoms with Gasteiger partial charge in [0.1, 0.15) is 0 Å². The summed E-state index contributed by atoms with van der Waals surface area (Å²) < 4.78 is 0. The van der Waals surface area contributed by atoms with Gasteiger partial charge in [0.05, 0.1) is 150 Å². The van der Waals surface area contributed by atoms with Crippen LogP contribution in [0.3, 0.4) is 0 Å². The second kappa shape index (κ2) is 30.7. The van der Waals surface area contributed by atoms with E-state index in [1.54, 1.807) is 0 Å². The first-order valence-electron chi connectivity index (χ1n) is 16.5. The van der Waals surface area contributed by atoms with Crippen molar-refractivity contribution in [1.29, 1.82) is 0 Å². The fourth-order valence-corrected chi connectivity index (χ4v) is 6.05. The monoisotopic (exact) mass is 1330 g/mol. The molecule has 2 aliphatic carbocycles. The largest absolute Gasteiger partial charge is 4.00 e. The van der Waals surface area contributed by atoms with Crippen molar-refractivity contribution in [3.05, 3.63) is 0 Å². The van der Waals surface area contributed by atoms with Gasteiger partial charge in [0.2, 0.25) is 0 Å². The van der Waals surface area contributed by atoms with Gasteiger partial charge in [-0.05, 0) is 0 Å². The maximum atomic E-state index is 10.8. The molecule has 8 unspecified atom stereocenters. The van der Waals surface area contributed by atoms with E-state index in [2.05, 4.69) is 31.9 Å². The number of hydrogen-bond donors (Lipinski definition) is 22. The smallest absolute Gasteiger partial charge is 0.480 e. The Hall–Kier alpha value is -0.230. The minimum atomic E-state index is -1.57. The van der Waals surface area contributed by atoms with E-state index in [1.165, 1.54) is 0 Å². The molecule has 0 saturated heterocycles. The van der Waals surface area contributed by atoms with Crippen molar-refractivity contribution in [3.8, 4) is 0 Å². The van der Waals surface area contributed by atoms with Crippen LogP contribution in [0.1, 0.15) is 0 Å². The Bertz CT molecular complexity index is 1030. The molecule has 2 rings (SSSR count). The van der Waals surface area contributed by atoms with Crippen LogP contribution in [0.2, 0.25) is 0 Å². The quantitative estimate of drug-likeness (QED) is 0.0448. The van der Waals surface area contributed by atoms with Crippen molar-refractivity contribution in [1.82, 2.24) is 31.9 Å². The molecule has 0 bridgehead atoms. The molecule has 0 radical (unpaired) electrons. The van der Waals surface area contributed by atoms with Crippen LogP contribution >= 0.6 is 0 Å². The molecule has 0 amide bonds. The van der Waals surface area contributed by atoms with Gasteiger partial charge < -0.3 is 92.3 Å². The molecule has 57 heavy (non-hydrogen) atoms. The molecule has 22 N–H and O–H groups in total. The number of aliphatic hydroxyl groups excluding tert-OH is 12. The van der Waals surface area contributed by atoms with Gasteiger partial charge in [0.25, 0.3) is 0 Å². The number of hydrogen-bond acceptors (Lipinski definition) is 22. The topological polar surface area (TPSA) is 464 Å². The van der Waals surface area contributed by atoms with Crippen LogP contribution in [-0.2, 0) is 96.7 Å². The zero-order valence-electron chi connectivity index (χ0n) is 30.2. The predicted octanol–water partition coefficient (Wildman–Crippen LogP) is -12.3. The van der Waals surface area contributed by atoms with Crippen LogP contribution in [0.15, 0.2) is 0 Å². The van der Waals surface area contributed by atoms with Gasteiger partial charge in [-0.2, -0.15) is 0 Å². The molecule has 26 nitrogen and oxygen atoms in total. The zero-order chi connectivity index (χ0) is 41.4. The van der Waals surface area contributed by atoms with E-state index < -0.39 is 174 Å². The van der Waals surface area contributed by atoms with Crippen LogP contribution < -0.4 is 31.9 Å². The molecule has 0 aliphatic heterocycles. The fourth-order valence-electron chi connectivity index (χ4n) is 6.05. The van der Waals surface area contributed by atoms with Gasteiger partial charge in [0.15, 0.2) is 0 Å². The van der Waals surface area contributed by atoms with Crippen molar-refractivity contribution in [2.75, 3.05) is 52.6 Å². The number of rotatable bonds is 22. The second-order valence-corrected chi connectivity index (χ2v) is 12.6. The summed E-state index contributed by atoms with van der Waals surface area (Å²) in [6.07, 6.45) is -12.3. The molecule has 0 aromatic rings. The summed E-state index contributed by atoms with van der Waals surface area (Å²) in [6.45, 7) is -5.29. The maximum absolute atomic E-state index is 10.8. The van der Waals surface area contributed by atoms with Gasteiger partial charge in [-0.25, -0.2) is 0 Å². The third-order valence-electron chi connectivity index (χ3n) is 8.88. The second-order valence-electron chi connectivity index (χ2n) is 12.6. The summed E-state index contributed by atoms with van der Waals surface area (Å²) in [5, 5.41) is 169. The minimum Gasteiger partial charge on any atom is -0.480 e. The van der Waals surface area contributed by atoms with Crippen molar-refractivity contribution < 1.29 is 178 Å². The Morgan fingerprint density at radius 2 is 0.579 bits per heavy atom. The molecular weight excluding hydrogens is 1280 g/mol. The number of aliphatic carboxylic acids is 4. The van der Waals surface area contributed by atoms with E-state index in [-0.39, 0.29) is 77.5 Å². The number of carboxylic acids is 4. The average Bonchev–Trinajstić information content (AvgIpc) is 3.10. The van der Waals surface area contributed by atoms with Crippen LogP contribution in [0, 0.1) is 0 Å². The third kappa shape index (κ3) is 19.1. The molecule has 29 heteroatoms. The molecule has 2 fully saturated rings. The normalized spacial score (nSPS) is 31.6. The summed E-state index contributed by atoms with van der Waals surface area (Å²) in [6, 6.07) is -10.0. The third-order valence-corrected chi connectivity index (χ3v) is 8.88. The zero-order valence-corrected chi connectivity index (χ0v) is 41.0. The average molecular weight is 1330 g/mol. The molecule has 316 valence electrons. The predicted molar refractivity (Wildman–Crippen MR) is 176 cm³/mol. The Morgan fingerprint density at radius 1 is 0.386 bits per heavy atom. The Balaban J connectivity index is -0.000000972. The fraction of sp³-hybridized carbons (Fsp3) is 0.857. The molecule has 0 spiro atoms. The Morgan fingerprint density at radius 3 is 0.737 bits per heavy atom. The molecule has 16 atom stereocenters. The van der Waals surface area contributed by atoms with E-state index in [1.807, 2.05) is 0 Å². The molecule has 0 heterocycles. The summed E-state index contributed by atoms with van der Waals surface area (Å²) in [4.78, 5) is 43.1. The molecule has 0 aromatic carbocycles. The first kappa shape index (κ1) is 61.1. The first-order chi connectivity index (χ1) is 25.3. The van der Waals surface area contributed by atoms with Gasteiger partial charge in [-0.15, -0.1) is 0 Å². The number of carbonyl (C=O) groups is 4. The Kier molecular flexibility index (Phi) is 32.9. The van der Waals surface area contributed by atoms with Crippen molar-refractivity contribution in [2.24, 2.45) is 0 Å². The van der Waals surface area contributed by atoms with Gasteiger partial charge in [0, 0.05) is 0 Å². The Labute approximate surface area is 381 Å². The summed E-state index contributed by atoms with van der Waals surface area (Å²) in [7, 11) is 0. The SMILES string of the molecule is O=C(O)CN[C@@H]1C(O)[C@H](NCC(=O)O)[C@H](O)C(NC(CO)C(O)CO)[C@@H]1O.O=C(O)CN[C@@H]1C(O)[C@H](NCC(=O)O)[C@H](O)C(NC(CO)C(O)CO)[C@@H]1O.[Hf+4].[Hf+4].[Hf+4]. The first-order valence-corrected chi connectivity index (χ1v) is 16.5. The van der Waals surface area contributed by atoms with Gasteiger partial charge in [-0.1, -0.05) is 0 Å². The van der Waals surface area contributed by atoms with Crippen molar-refractivity contribution >= 4 is 23.9 Å². The molecule has 0 aromatic heterocycles. The van der Waals surface area contributed by atoms with E-state index in [9.17, 15) is 70.2 Å². The molecule has 2 saturated carbocycles. The van der Waals surface area contributed by atoms with E-state index in [0.29, 0.717) is 0 Å². The maximum Gasteiger partial charge on any atom is 4.00 e.